The highest BCUT2D eigenvalue weighted by Gasteiger charge is 2.03. The molecule has 0 unspecified atom stereocenters. The topological polar surface area (TPSA) is 76.6 Å². The maximum atomic E-state index is 11.5. The number of carbonyl (C=O) groups is 1. The van der Waals surface area contributed by atoms with Gasteiger partial charge >= 0.3 is 6.09 Å². The Morgan fingerprint density at radius 2 is 1.93 bits per heavy atom. The monoisotopic (exact) mass is 379 g/mol. The Hall–Kier alpha value is -2.14. The predicted molar refractivity (Wildman–Crippen MR) is 104 cm³/mol. The molecule has 1 N–H and O–H groups in total. The molecule has 1 aromatic rings. The Morgan fingerprint density at radius 3 is 2.74 bits per heavy atom. The van der Waals surface area contributed by atoms with Gasteiger partial charge in [0.2, 0.25) is 12.4 Å². The first-order valence-electron chi connectivity index (χ1n) is 10.3. The van der Waals surface area contributed by atoms with Crippen molar-refractivity contribution in [2.24, 2.45) is 4.99 Å². The lowest BCUT2D eigenvalue weighted by atomic mass is 10.2. The summed E-state index contributed by atoms with van der Waals surface area (Å²) in [6.07, 6.45) is 16.9. The average Bonchev–Trinajstić information content (AvgIpc) is 3.11. The van der Waals surface area contributed by atoms with Crippen LogP contribution in [0.5, 0.6) is 0 Å². The highest BCUT2D eigenvalue weighted by atomic mass is 16.5. The summed E-state index contributed by atoms with van der Waals surface area (Å²) in [5.74, 6) is 0. The largest absolute Gasteiger partial charge is 0.450 e. The second-order valence-corrected chi connectivity index (χ2v) is 6.75. The third-order valence-corrected chi connectivity index (χ3v) is 4.30. The molecule has 1 rings (SSSR count). The number of carbonyl (C=O) groups excluding carboxylic acids is 2. The van der Waals surface area contributed by atoms with Gasteiger partial charge in [-0.1, -0.05) is 19.8 Å². The Morgan fingerprint density at radius 1 is 1.15 bits per heavy atom. The summed E-state index contributed by atoms with van der Waals surface area (Å²) in [5.41, 5.74) is 0. The quantitative estimate of drug-likeness (QED) is 0.207. The molecular formula is C20H35N4O3+. The molecule has 0 saturated heterocycles. The lowest BCUT2D eigenvalue weighted by Gasteiger charge is -2.06. The first kappa shape index (κ1) is 22.9. The van der Waals surface area contributed by atoms with Crippen LogP contribution >= 0.6 is 0 Å². The van der Waals surface area contributed by atoms with E-state index in [1.165, 1.54) is 6.08 Å². The number of isocyanates is 1. The number of aryl methyl sites for hydroxylation is 2. The van der Waals surface area contributed by atoms with Gasteiger partial charge < -0.3 is 10.1 Å². The highest BCUT2D eigenvalue weighted by Crippen LogP contribution is 2.03. The van der Waals surface area contributed by atoms with Gasteiger partial charge in [0.1, 0.15) is 12.4 Å². The maximum Gasteiger partial charge on any atom is 0.407 e. The summed E-state index contributed by atoms with van der Waals surface area (Å²) in [6, 6.07) is 0. The van der Waals surface area contributed by atoms with Crippen molar-refractivity contribution in [3.63, 3.8) is 0 Å². The van der Waals surface area contributed by atoms with Gasteiger partial charge in [-0.05, 0) is 44.9 Å². The molecule has 0 saturated carbocycles. The molecule has 27 heavy (non-hydrogen) atoms. The molecule has 7 nitrogen and oxygen atoms in total. The standard InChI is InChI=1S/C20H34N4O3/c1-2-13-23-15-16-24(19-23)14-9-5-6-10-17-27-20(26)22-12-8-4-3-7-11-21-18-25/h15-16,19H,2-14,17H2,1H3/p+1. The van der Waals surface area contributed by atoms with Crippen LogP contribution in [-0.2, 0) is 22.6 Å². The fourth-order valence-electron chi connectivity index (χ4n) is 2.83. The number of aromatic nitrogens is 2. The molecule has 0 aromatic carbocycles. The zero-order chi connectivity index (χ0) is 19.6. The number of unbranched alkanes of at least 4 members (excludes halogenated alkanes) is 6. The Labute approximate surface area is 162 Å². The molecule has 0 bridgehead atoms. The summed E-state index contributed by atoms with van der Waals surface area (Å²) in [7, 11) is 0. The number of ether oxygens (including phenoxy) is 1. The van der Waals surface area contributed by atoms with E-state index >= 15 is 0 Å². The number of hydrogen-bond acceptors (Lipinski definition) is 4. The second kappa shape index (κ2) is 16.1. The summed E-state index contributed by atoms with van der Waals surface area (Å²) in [6.45, 7) is 5.95. The maximum absolute atomic E-state index is 11.5. The van der Waals surface area contributed by atoms with Crippen LogP contribution in [0.2, 0.25) is 0 Å². The van der Waals surface area contributed by atoms with Crippen LogP contribution in [0.25, 0.3) is 0 Å². The molecule has 152 valence electrons. The first-order valence-corrected chi connectivity index (χ1v) is 10.3. The molecule has 1 aromatic heterocycles. The van der Waals surface area contributed by atoms with E-state index in [-0.39, 0.29) is 6.09 Å². The number of alkyl carbamates (subject to hydrolysis) is 1. The Kier molecular flexibility index (Phi) is 13.6. The van der Waals surface area contributed by atoms with Gasteiger partial charge in [-0.2, -0.15) is 0 Å². The molecular weight excluding hydrogens is 344 g/mol. The minimum atomic E-state index is -0.326. The molecule has 0 fully saturated rings. The van der Waals surface area contributed by atoms with E-state index in [9.17, 15) is 9.59 Å². The van der Waals surface area contributed by atoms with E-state index < -0.39 is 0 Å². The van der Waals surface area contributed by atoms with Gasteiger partial charge in [-0.15, -0.1) is 0 Å². The van der Waals surface area contributed by atoms with E-state index in [4.69, 9.17) is 4.74 Å². The van der Waals surface area contributed by atoms with Crippen LogP contribution in [-0.4, -0.2) is 36.4 Å². The van der Waals surface area contributed by atoms with Crippen molar-refractivity contribution in [3.05, 3.63) is 18.7 Å². The Balaban J connectivity index is 1.86. The van der Waals surface area contributed by atoms with Crippen molar-refractivity contribution >= 4 is 12.2 Å². The van der Waals surface area contributed by atoms with E-state index in [2.05, 4.69) is 45.1 Å². The second-order valence-electron chi connectivity index (χ2n) is 6.75. The molecule has 0 aliphatic rings. The third-order valence-electron chi connectivity index (χ3n) is 4.30. The zero-order valence-corrected chi connectivity index (χ0v) is 16.7. The van der Waals surface area contributed by atoms with Gasteiger partial charge in [0.15, 0.2) is 0 Å². The van der Waals surface area contributed by atoms with Crippen molar-refractivity contribution in [1.29, 1.82) is 0 Å². The van der Waals surface area contributed by atoms with Crippen LogP contribution in [0.1, 0.15) is 64.7 Å². The number of nitrogens with zero attached hydrogens (tertiary/aromatic N) is 3. The highest BCUT2D eigenvalue weighted by molar-refractivity contribution is 5.66. The number of amides is 1. The summed E-state index contributed by atoms with van der Waals surface area (Å²) >= 11 is 0. The van der Waals surface area contributed by atoms with E-state index in [0.717, 1.165) is 70.9 Å². The molecule has 0 atom stereocenters. The van der Waals surface area contributed by atoms with E-state index in [1.807, 2.05) is 0 Å². The summed E-state index contributed by atoms with van der Waals surface area (Å²) in [4.78, 5) is 25.0. The molecule has 0 aliphatic heterocycles. The average molecular weight is 380 g/mol. The van der Waals surface area contributed by atoms with Crippen molar-refractivity contribution in [2.75, 3.05) is 19.7 Å². The van der Waals surface area contributed by atoms with Crippen LogP contribution in [0, 0.1) is 0 Å². The normalized spacial score (nSPS) is 10.4. The molecule has 0 radical (unpaired) electrons. The van der Waals surface area contributed by atoms with E-state index in [1.54, 1.807) is 0 Å². The van der Waals surface area contributed by atoms with Crippen LogP contribution in [0.15, 0.2) is 23.7 Å². The lowest BCUT2D eigenvalue weighted by molar-refractivity contribution is -0.696. The molecule has 0 spiro atoms. The van der Waals surface area contributed by atoms with Crippen molar-refractivity contribution in [3.8, 4) is 0 Å². The van der Waals surface area contributed by atoms with Crippen molar-refractivity contribution in [1.82, 2.24) is 9.88 Å². The number of nitrogens with one attached hydrogen (secondary N) is 1. The number of aliphatic imine (C=N–C) groups is 1. The van der Waals surface area contributed by atoms with Gasteiger partial charge in [0.05, 0.1) is 26.2 Å². The van der Waals surface area contributed by atoms with Gasteiger partial charge in [-0.3, -0.25) is 0 Å². The van der Waals surface area contributed by atoms with Crippen LogP contribution in [0.3, 0.4) is 0 Å². The smallest absolute Gasteiger partial charge is 0.407 e. The summed E-state index contributed by atoms with van der Waals surface area (Å²) in [5, 5.41) is 2.77. The molecule has 1 heterocycles. The molecule has 1 amide bonds. The molecule has 0 aliphatic carbocycles. The summed E-state index contributed by atoms with van der Waals surface area (Å²) < 4.78 is 9.63. The lowest BCUT2D eigenvalue weighted by Crippen LogP contribution is -2.30. The van der Waals surface area contributed by atoms with Gasteiger partial charge in [-0.25, -0.2) is 23.7 Å². The predicted octanol–water partition coefficient (Wildman–Crippen LogP) is 3.37. The fourth-order valence-corrected chi connectivity index (χ4v) is 2.83. The molecule has 7 heteroatoms. The number of hydrogen-bond donors (Lipinski definition) is 1. The fraction of sp³-hybridized carbons (Fsp3) is 0.750. The minimum Gasteiger partial charge on any atom is -0.450 e. The third kappa shape index (κ3) is 12.8. The number of rotatable bonds is 16. The Bertz CT molecular complexity index is 553. The minimum absolute atomic E-state index is 0.326. The zero-order valence-electron chi connectivity index (χ0n) is 16.7. The van der Waals surface area contributed by atoms with Crippen molar-refractivity contribution in [2.45, 2.75) is 77.8 Å². The first-order chi connectivity index (χ1) is 13.3. The van der Waals surface area contributed by atoms with Crippen LogP contribution < -0.4 is 9.88 Å². The van der Waals surface area contributed by atoms with Crippen molar-refractivity contribution < 1.29 is 18.9 Å². The number of imidazole rings is 1. The van der Waals surface area contributed by atoms with Gasteiger partial charge in [0, 0.05) is 6.54 Å². The SMILES string of the molecule is CCC[n+]1ccn(CCCCCCOC(=O)NCCCCCCN=C=O)c1. The van der Waals surface area contributed by atoms with E-state index in [0.29, 0.717) is 19.7 Å². The van der Waals surface area contributed by atoms with Gasteiger partial charge in [0.25, 0.3) is 0 Å². The van der Waals surface area contributed by atoms with Crippen LogP contribution in [0.4, 0.5) is 4.79 Å².